The maximum Gasteiger partial charge on any atom is 0.402 e. The Morgan fingerprint density at radius 3 is 1.81 bits per heavy atom. The number of carbonyl (C=O) groups excluding carboxylic acids is 3. The molecule has 25 nitrogen and oxygen atoms in total. The number of hydrogen-bond acceptors (Lipinski definition) is 24. The predicted molar refractivity (Wildman–Crippen MR) is 225 cm³/mol. The molecule has 3 aliphatic heterocycles. The van der Waals surface area contributed by atoms with Crippen molar-refractivity contribution in [1.82, 2.24) is 0 Å². The maximum atomic E-state index is 12.8. The molecule has 25 heteroatoms. The summed E-state index contributed by atoms with van der Waals surface area (Å²) in [5, 5.41) is 138. The second kappa shape index (κ2) is 22.2. The van der Waals surface area contributed by atoms with Gasteiger partial charge in [0.15, 0.2) is 12.4 Å². The zero-order valence-electron chi connectivity index (χ0n) is 36.2. The fourth-order valence-corrected chi connectivity index (χ4v) is 7.50. The van der Waals surface area contributed by atoms with Crippen molar-refractivity contribution < 1.29 is 123 Å². The highest BCUT2D eigenvalue weighted by atomic mass is 16.8. The lowest BCUT2D eigenvalue weighted by Gasteiger charge is -2.45. The number of aliphatic hydroxyl groups is 9. The molecule has 0 spiro atoms. The standard InChI is InChI=1S/C45H48O25/c46-15-27-33(54)36(57)40(61)44(67-27)70-42-38(59)35(56)29(16-62-31(52)10-3-18-1-6-20(47)7-2-18)69-45(42)66-26-13-23-24(64-41(26)19-4-8-21(48)9-5-19)11-22(49)12-25(23)65-43-39(60)37(58)34(55)28(68-43)17-63-32(53)14-30(50)51/h1-13,27-29,33-40,42-46,54-61H,14-17H2,(H3-,47,48,49,50,51,52)/t27-,28-,29-,33-,34-,35-,36+,37+,38+,39-,40-,42-,43-,44+,45-/m1/s1. The molecule has 3 aliphatic rings. The Labute approximate surface area is 394 Å². The molecule has 1 aromatic heterocycles. The van der Waals surface area contributed by atoms with E-state index in [4.69, 9.17) is 42.3 Å². The van der Waals surface area contributed by atoms with Crippen LogP contribution in [-0.2, 0) is 42.8 Å². The number of rotatable bonds is 16. The van der Waals surface area contributed by atoms with E-state index in [0.717, 1.165) is 18.2 Å². The van der Waals surface area contributed by atoms with Crippen molar-refractivity contribution in [3.63, 3.8) is 0 Å². The van der Waals surface area contributed by atoms with Crippen molar-refractivity contribution in [3.05, 3.63) is 78.4 Å². The van der Waals surface area contributed by atoms with E-state index in [0.29, 0.717) is 5.56 Å². The van der Waals surface area contributed by atoms with Crippen LogP contribution in [0.5, 0.6) is 28.7 Å². The average Bonchev–Trinajstić information content (AvgIpc) is 3.32. The second-order valence-corrected chi connectivity index (χ2v) is 16.2. The van der Waals surface area contributed by atoms with Gasteiger partial charge in [0.2, 0.25) is 18.3 Å². The maximum absolute atomic E-state index is 12.8. The van der Waals surface area contributed by atoms with E-state index in [1.165, 1.54) is 60.7 Å². The quantitative estimate of drug-likeness (QED) is 0.0226. The Balaban J connectivity index is 1.24. The Bertz CT molecular complexity index is 2480. The van der Waals surface area contributed by atoms with Gasteiger partial charge in [0.1, 0.15) is 109 Å². The predicted octanol–water partition coefficient (Wildman–Crippen LogP) is -3.37. The summed E-state index contributed by atoms with van der Waals surface area (Å²) in [6, 6.07) is 14.4. The Morgan fingerprint density at radius 2 is 1.17 bits per heavy atom. The summed E-state index contributed by atoms with van der Waals surface area (Å²) in [6.45, 7) is -2.44. The molecule has 4 heterocycles. The van der Waals surface area contributed by atoms with E-state index in [-0.39, 0.29) is 45.3 Å². The Kier molecular flexibility index (Phi) is 16.3. The minimum Gasteiger partial charge on any atom is -0.550 e. The van der Waals surface area contributed by atoms with Gasteiger partial charge in [0.25, 0.3) is 0 Å². The van der Waals surface area contributed by atoms with Gasteiger partial charge < -0.3 is 109 Å². The number of aliphatic hydroxyl groups excluding tert-OH is 9. The van der Waals surface area contributed by atoms with Crippen LogP contribution >= 0.6 is 0 Å². The molecule has 4 aromatic rings. The molecular weight excluding hydrogens is 940 g/mol. The van der Waals surface area contributed by atoms with Crippen molar-refractivity contribution >= 4 is 35.0 Å². The fourth-order valence-electron chi connectivity index (χ4n) is 7.50. The van der Waals surface area contributed by atoms with E-state index >= 15 is 0 Å². The highest BCUT2D eigenvalue weighted by molar-refractivity contribution is 5.90. The highest BCUT2D eigenvalue weighted by Crippen LogP contribution is 2.43. The lowest BCUT2D eigenvalue weighted by Crippen LogP contribution is -2.65. The Morgan fingerprint density at radius 1 is 0.614 bits per heavy atom. The van der Waals surface area contributed by atoms with Gasteiger partial charge in [0.05, 0.1) is 30.6 Å². The third kappa shape index (κ3) is 11.8. The van der Waals surface area contributed by atoms with Gasteiger partial charge in [-0.1, -0.05) is 12.1 Å². The lowest BCUT2D eigenvalue weighted by molar-refractivity contribution is -0.357. The van der Waals surface area contributed by atoms with E-state index < -0.39 is 142 Å². The van der Waals surface area contributed by atoms with Gasteiger partial charge in [-0.2, -0.15) is 0 Å². The number of carboxylic acid groups (broad SMARTS) is 1. The first-order valence-corrected chi connectivity index (χ1v) is 21.2. The number of ether oxygens (including phenoxy) is 8. The molecule has 3 fully saturated rings. The summed E-state index contributed by atoms with van der Waals surface area (Å²) in [6.07, 6.45) is -27.0. The van der Waals surface area contributed by atoms with Crippen molar-refractivity contribution in [2.24, 2.45) is 0 Å². The number of aliphatic carboxylic acids is 1. The van der Waals surface area contributed by atoms with Gasteiger partial charge >= 0.3 is 23.3 Å². The first-order valence-electron chi connectivity index (χ1n) is 21.2. The molecule has 3 aromatic carbocycles. The van der Waals surface area contributed by atoms with Crippen molar-refractivity contribution in [1.29, 1.82) is 0 Å². The van der Waals surface area contributed by atoms with E-state index in [2.05, 4.69) is 0 Å². The SMILES string of the molecule is O=C([O-])CC(=O)OC[C@H]1O[C@@H](Oc2cc(O)cc3[o+]c(-c4ccc(O)cc4)c(O[C@@H]4O[C@H](COC(=O)/C=C/c5ccc(O)cc5)[C@@H](O)[C@H](O)[C@H]4O[C@@H]4O[C@H](CO)[C@@H](O)[C@H](O)[C@H]4O)cc23)[C@H](O)[C@@H](O)[C@@H]1O. The van der Waals surface area contributed by atoms with Gasteiger partial charge in [-0.25, -0.2) is 9.21 Å². The number of phenols is 3. The molecule has 3 saturated heterocycles. The zero-order chi connectivity index (χ0) is 50.6. The molecule has 12 N–H and O–H groups in total. The van der Waals surface area contributed by atoms with Crippen LogP contribution < -0.4 is 14.6 Å². The summed E-state index contributed by atoms with van der Waals surface area (Å²) in [7, 11) is 0. The van der Waals surface area contributed by atoms with Crippen LogP contribution in [0.1, 0.15) is 12.0 Å². The molecule has 0 bridgehead atoms. The molecule has 0 amide bonds. The largest absolute Gasteiger partial charge is 0.550 e. The molecule has 378 valence electrons. The second-order valence-electron chi connectivity index (χ2n) is 16.2. The summed E-state index contributed by atoms with van der Waals surface area (Å²) in [5.41, 5.74) is 0.505. The third-order valence-electron chi connectivity index (χ3n) is 11.3. The molecular formula is C45H48O25. The molecule has 7 rings (SSSR count). The number of fused-ring (bicyclic) bond motifs is 1. The first kappa shape index (κ1) is 51.5. The zero-order valence-corrected chi connectivity index (χ0v) is 36.2. The number of esters is 2. The normalized spacial score (nSPS) is 31.2. The summed E-state index contributed by atoms with van der Waals surface area (Å²) in [5.74, 6) is -5.61. The van der Waals surface area contributed by atoms with Crippen LogP contribution in [0, 0.1) is 0 Å². The smallest absolute Gasteiger partial charge is 0.402 e. The van der Waals surface area contributed by atoms with E-state index in [1.807, 2.05) is 0 Å². The van der Waals surface area contributed by atoms with E-state index in [1.54, 1.807) is 0 Å². The lowest BCUT2D eigenvalue weighted by atomic mass is 9.97. The van der Waals surface area contributed by atoms with Gasteiger partial charge in [-0.05, 0) is 48.0 Å². The van der Waals surface area contributed by atoms with Gasteiger partial charge in [0, 0.05) is 18.2 Å². The van der Waals surface area contributed by atoms with Crippen LogP contribution in [0.15, 0.2) is 77.2 Å². The monoisotopic (exact) mass is 988 g/mol. The third-order valence-corrected chi connectivity index (χ3v) is 11.3. The fraction of sp³-hybridized carbons (Fsp3) is 0.422. The summed E-state index contributed by atoms with van der Waals surface area (Å²) < 4.78 is 51.7. The first-order chi connectivity index (χ1) is 33.3. The molecule has 0 radical (unpaired) electrons. The van der Waals surface area contributed by atoms with Crippen LogP contribution in [0.4, 0.5) is 0 Å². The molecule has 15 atom stereocenters. The van der Waals surface area contributed by atoms with Gasteiger partial charge in [-0.3, -0.25) is 4.79 Å². The molecule has 0 saturated carbocycles. The number of hydrogen-bond donors (Lipinski definition) is 12. The minimum absolute atomic E-state index is 0.0172. The Hall–Kier alpha value is -6.30. The van der Waals surface area contributed by atoms with Crippen LogP contribution in [0.2, 0.25) is 0 Å². The van der Waals surface area contributed by atoms with Crippen molar-refractivity contribution in [2.45, 2.75) is 98.5 Å². The van der Waals surface area contributed by atoms with Crippen LogP contribution in [0.25, 0.3) is 28.4 Å². The summed E-state index contributed by atoms with van der Waals surface area (Å²) >= 11 is 0. The molecule has 70 heavy (non-hydrogen) atoms. The van der Waals surface area contributed by atoms with Gasteiger partial charge in [-0.15, -0.1) is 0 Å². The molecule has 0 unspecified atom stereocenters. The van der Waals surface area contributed by atoms with Crippen LogP contribution in [0.3, 0.4) is 0 Å². The number of benzene rings is 3. The minimum atomic E-state index is -2.08. The number of carbonyl (C=O) groups is 3. The number of carboxylic acids is 1. The number of phenolic OH excluding ortho intramolecular Hbond substituents is 3. The summed E-state index contributed by atoms with van der Waals surface area (Å²) in [4.78, 5) is 35.5. The van der Waals surface area contributed by atoms with Crippen molar-refractivity contribution in [3.8, 4) is 40.1 Å². The van der Waals surface area contributed by atoms with Crippen LogP contribution in [-0.4, -0.2) is 191 Å². The average molecular weight is 989 g/mol. The van der Waals surface area contributed by atoms with Crippen molar-refractivity contribution in [2.75, 3.05) is 19.8 Å². The van der Waals surface area contributed by atoms with E-state index in [9.17, 15) is 80.8 Å². The topological polar surface area (TPSA) is 402 Å². The molecule has 0 aliphatic carbocycles. The number of aromatic hydroxyl groups is 3. The highest BCUT2D eigenvalue weighted by Gasteiger charge is 2.52.